The first-order chi connectivity index (χ1) is 6.18. The summed E-state index contributed by atoms with van der Waals surface area (Å²) in [6.45, 7) is 0. The Kier molecular flexibility index (Phi) is 2.08. The summed E-state index contributed by atoms with van der Waals surface area (Å²) >= 11 is 5.99. The molecule has 0 atom stereocenters. The fraction of sp³-hybridized carbons (Fsp3) is 0.400. The van der Waals surface area contributed by atoms with Crippen LogP contribution in [0.2, 0.25) is 5.02 Å². The highest BCUT2D eigenvalue weighted by molar-refractivity contribution is 6.31. The van der Waals surface area contributed by atoms with Crippen LogP contribution in [0.25, 0.3) is 0 Å². The largest absolute Gasteiger partial charge is 0.506 e. The minimum Gasteiger partial charge on any atom is -0.506 e. The van der Waals surface area contributed by atoms with Crippen molar-refractivity contribution in [2.24, 2.45) is 0 Å². The van der Waals surface area contributed by atoms with Gasteiger partial charge in [-0.2, -0.15) is 0 Å². The Bertz CT molecular complexity index is 334. The van der Waals surface area contributed by atoms with E-state index in [0.717, 1.165) is 5.56 Å². The molecule has 0 unspecified atom stereocenters. The second-order valence-corrected chi connectivity index (χ2v) is 3.97. The highest BCUT2D eigenvalue weighted by Gasteiger charge is 2.22. The zero-order valence-electron chi connectivity index (χ0n) is 7.26. The highest BCUT2D eigenvalue weighted by Crippen LogP contribution is 2.42. The van der Waals surface area contributed by atoms with Crippen molar-refractivity contribution < 1.29 is 5.11 Å². The number of rotatable bonds is 1. The van der Waals surface area contributed by atoms with Crippen LogP contribution in [-0.2, 0) is 0 Å². The molecule has 1 aromatic carbocycles. The van der Waals surface area contributed by atoms with Gasteiger partial charge in [0.15, 0.2) is 0 Å². The van der Waals surface area contributed by atoms with Crippen LogP contribution in [0.3, 0.4) is 0 Å². The zero-order valence-corrected chi connectivity index (χ0v) is 8.01. The Morgan fingerprint density at radius 2 is 2.08 bits per heavy atom. The average molecular weight is 198 g/mol. The molecule has 2 nitrogen and oxygen atoms in total. The Morgan fingerprint density at radius 3 is 2.62 bits per heavy atom. The summed E-state index contributed by atoms with van der Waals surface area (Å²) in [6, 6.07) is 3.33. The molecule has 0 amide bonds. The number of phenolic OH excluding ortho intramolecular Hbond substituents is 1. The van der Waals surface area contributed by atoms with Gasteiger partial charge in [-0.1, -0.05) is 18.0 Å². The summed E-state index contributed by atoms with van der Waals surface area (Å²) in [5.41, 5.74) is 7.11. The van der Waals surface area contributed by atoms with E-state index in [-0.39, 0.29) is 5.75 Å². The molecule has 0 radical (unpaired) electrons. The topological polar surface area (TPSA) is 46.2 Å². The van der Waals surface area contributed by atoms with Crippen molar-refractivity contribution in [2.75, 3.05) is 5.73 Å². The molecule has 1 aromatic rings. The highest BCUT2D eigenvalue weighted by atomic mass is 35.5. The summed E-state index contributed by atoms with van der Waals surface area (Å²) in [5.74, 6) is 0.628. The zero-order chi connectivity index (χ0) is 9.42. The van der Waals surface area contributed by atoms with Gasteiger partial charge < -0.3 is 10.8 Å². The van der Waals surface area contributed by atoms with E-state index < -0.39 is 0 Å². The molecule has 1 fully saturated rings. The van der Waals surface area contributed by atoms with Crippen molar-refractivity contribution in [3.63, 3.8) is 0 Å². The quantitative estimate of drug-likeness (QED) is 0.537. The van der Waals surface area contributed by atoms with Gasteiger partial charge in [0.2, 0.25) is 0 Å². The van der Waals surface area contributed by atoms with Crippen molar-refractivity contribution in [3.05, 3.63) is 22.7 Å². The first kappa shape index (κ1) is 8.70. The minimum atomic E-state index is 0.0769. The molecular weight excluding hydrogens is 186 g/mol. The van der Waals surface area contributed by atoms with Gasteiger partial charge in [0.05, 0.1) is 5.69 Å². The fourth-order valence-electron chi connectivity index (χ4n) is 1.63. The molecule has 1 saturated carbocycles. The van der Waals surface area contributed by atoms with Gasteiger partial charge in [0.1, 0.15) is 5.75 Å². The lowest BCUT2D eigenvalue weighted by Gasteiger charge is -2.27. The number of nitrogen functional groups attached to an aromatic ring is 1. The molecule has 3 heteroatoms. The van der Waals surface area contributed by atoms with E-state index in [4.69, 9.17) is 17.3 Å². The van der Waals surface area contributed by atoms with Gasteiger partial charge in [-0.15, -0.1) is 0 Å². The number of nitrogens with two attached hydrogens (primary N) is 1. The van der Waals surface area contributed by atoms with Crippen molar-refractivity contribution in [1.29, 1.82) is 0 Å². The van der Waals surface area contributed by atoms with E-state index in [1.807, 2.05) is 0 Å². The van der Waals surface area contributed by atoms with E-state index in [0.29, 0.717) is 16.6 Å². The molecule has 1 aliphatic carbocycles. The van der Waals surface area contributed by atoms with Crippen molar-refractivity contribution in [2.45, 2.75) is 25.2 Å². The van der Waals surface area contributed by atoms with Crippen molar-refractivity contribution in [3.8, 4) is 5.75 Å². The SMILES string of the molecule is Nc1cc(C2CCC2)c(Cl)cc1O. The fourth-order valence-corrected chi connectivity index (χ4v) is 1.94. The Hall–Kier alpha value is -0.890. The first-order valence-corrected chi connectivity index (χ1v) is 4.84. The summed E-state index contributed by atoms with van der Waals surface area (Å²) in [6.07, 6.45) is 3.63. The standard InChI is InChI=1S/C10H12ClNO/c11-8-5-10(13)9(12)4-7(8)6-2-1-3-6/h4-6,13H,1-3,12H2. The second-order valence-electron chi connectivity index (χ2n) is 3.56. The maximum atomic E-state index is 9.29. The molecular formula is C10H12ClNO. The van der Waals surface area contributed by atoms with E-state index in [2.05, 4.69) is 0 Å². The predicted molar refractivity (Wildman–Crippen MR) is 54.1 cm³/mol. The molecule has 1 aliphatic rings. The lowest BCUT2D eigenvalue weighted by molar-refractivity contribution is 0.419. The molecule has 2 rings (SSSR count). The normalized spacial score (nSPS) is 17.0. The van der Waals surface area contributed by atoms with Crippen LogP contribution in [-0.4, -0.2) is 5.11 Å². The van der Waals surface area contributed by atoms with Crippen molar-refractivity contribution >= 4 is 17.3 Å². The lowest BCUT2D eigenvalue weighted by atomic mass is 9.80. The molecule has 0 heterocycles. The van der Waals surface area contributed by atoms with Crippen LogP contribution in [0.1, 0.15) is 30.7 Å². The Balaban J connectivity index is 2.39. The van der Waals surface area contributed by atoms with Crippen molar-refractivity contribution in [1.82, 2.24) is 0 Å². The maximum Gasteiger partial charge on any atom is 0.139 e. The van der Waals surface area contributed by atoms with Gasteiger partial charge in [0, 0.05) is 11.1 Å². The third-order valence-electron chi connectivity index (χ3n) is 2.69. The lowest BCUT2D eigenvalue weighted by Crippen LogP contribution is -2.09. The molecule has 0 spiro atoms. The Morgan fingerprint density at radius 1 is 1.38 bits per heavy atom. The minimum absolute atomic E-state index is 0.0769. The van der Waals surface area contributed by atoms with Crippen LogP contribution >= 0.6 is 11.6 Å². The summed E-state index contributed by atoms with van der Waals surface area (Å²) < 4.78 is 0. The Labute approximate surface area is 82.3 Å². The molecule has 0 aromatic heterocycles. The van der Waals surface area contributed by atoms with Gasteiger partial charge in [-0.05, 0) is 30.4 Å². The summed E-state index contributed by atoms with van der Waals surface area (Å²) in [7, 11) is 0. The van der Waals surface area contributed by atoms with Gasteiger partial charge in [-0.3, -0.25) is 0 Å². The second kappa shape index (κ2) is 3.11. The molecule has 70 valence electrons. The van der Waals surface area contributed by atoms with Crippen LogP contribution in [0.15, 0.2) is 12.1 Å². The number of hydrogen-bond donors (Lipinski definition) is 2. The molecule has 13 heavy (non-hydrogen) atoms. The van der Waals surface area contributed by atoms with E-state index in [1.165, 1.54) is 25.3 Å². The predicted octanol–water partition coefficient (Wildman–Crippen LogP) is 2.90. The first-order valence-electron chi connectivity index (χ1n) is 4.46. The number of benzene rings is 1. The molecule has 3 N–H and O–H groups in total. The molecule has 0 aliphatic heterocycles. The number of aromatic hydroxyl groups is 1. The number of halogens is 1. The number of hydrogen-bond acceptors (Lipinski definition) is 2. The monoisotopic (exact) mass is 197 g/mol. The third-order valence-corrected chi connectivity index (χ3v) is 3.02. The maximum absolute atomic E-state index is 9.29. The third kappa shape index (κ3) is 1.46. The summed E-state index contributed by atoms with van der Waals surface area (Å²) in [4.78, 5) is 0. The molecule has 0 bridgehead atoms. The number of anilines is 1. The van der Waals surface area contributed by atoms with Crippen LogP contribution < -0.4 is 5.73 Å². The van der Waals surface area contributed by atoms with E-state index in [1.54, 1.807) is 6.07 Å². The van der Waals surface area contributed by atoms with Crippen LogP contribution in [0, 0.1) is 0 Å². The number of phenols is 1. The average Bonchev–Trinajstić information content (AvgIpc) is 1.96. The van der Waals surface area contributed by atoms with E-state index in [9.17, 15) is 5.11 Å². The van der Waals surface area contributed by atoms with Crippen LogP contribution in [0.4, 0.5) is 5.69 Å². The van der Waals surface area contributed by atoms with Gasteiger partial charge in [0.25, 0.3) is 0 Å². The summed E-state index contributed by atoms with van der Waals surface area (Å²) in [5, 5.41) is 9.92. The van der Waals surface area contributed by atoms with Crippen LogP contribution in [0.5, 0.6) is 5.75 Å². The van der Waals surface area contributed by atoms with Gasteiger partial charge >= 0.3 is 0 Å². The van der Waals surface area contributed by atoms with E-state index >= 15 is 0 Å². The molecule has 0 saturated heterocycles. The smallest absolute Gasteiger partial charge is 0.139 e. The van der Waals surface area contributed by atoms with Gasteiger partial charge in [-0.25, -0.2) is 0 Å².